The lowest BCUT2D eigenvalue weighted by molar-refractivity contribution is -0.0443. The van der Waals surface area contributed by atoms with Crippen LogP contribution < -0.4 is 5.32 Å². The minimum absolute atomic E-state index is 0.00401. The Labute approximate surface area is 115 Å². The summed E-state index contributed by atoms with van der Waals surface area (Å²) in [6, 6.07) is 0.541. The second-order valence-corrected chi connectivity index (χ2v) is 5.18. The lowest BCUT2D eigenvalue weighted by Gasteiger charge is -2.34. The van der Waals surface area contributed by atoms with Gasteiger partial charge in [-0.3, -0.25) is 4.90 Å². The van der Waals surface area contributed by atoms with Crippen LogP contribution in [0, 0.1) is 0 Å². The summed E-state index contributed by atoms with van der Waals surface area (Å²) in [5.41, 5.74) is 1.11. The highest BCUT2D eigenvalue weighted by atomic mass is 16.5. The molecule has 0 radical (unpaired) electrons. The fourth-order valence-corrected chi connectivity index (χ4v) is 2.19. The van der Waals surface area contributed by atoms with Crippen molar-refractivity contribution in [2.24, 2.45) is 0 Å². The second-order valence-electron chi connectivity index (χ2n) is 5.18. The average Bonchev–Trinajstić information content (AvgIpc) is 2.46. The number of hydrogen-bond donors (Lipinski definition) is 1. The number of ether oxygens (including phenoxy) is 1. The molecule has 1 atom stereocenters. The Kier molecular flexibility index (Phi) is 5.24. The van der Waals surface area contributed by atoms with Crippen molar-refractivity contribution in [1.29, 1.82) is 0 Å². The molecule has 2 rings (SSSR count). The van der Waals surface area contributed by atoms with Crippen molar-refractivity contribution in [1.82, 2.24) is 20.2 Å². The zero-order valence-electron chi connectivity index (χ0n) is 12.1. The summed E-state index contributed by atoms with van der Waals surface area (Å²) in [5, 5.41) is 3.27. The van der Waals surface area contributed by atoms with Gasteiger partial charge in [0.05, 0.1) is 6.61 Å². The smallest absolute Gasteiger partial charge is 0.158 e. The van der Waals surface area contributed by atoms with E-state index in [9.17, 15) is 0 Å². The molecular weight excluding hydrogens is 240 g/mol. The first kappa shape index (κ1) is 14.4. The third-order valence-corrected chi connectivity index (χ3v) is 3.42. The van der Waals surface area contributed by atoms with E-state index < -0.39 is 0 Å². The van der Waals surface area contributed by atoms with Crippen LogP contribution in [-0.2, 0) is 11.3 Å². The molecule has 0 aliphatic carbocycles. The second kappa shape index (κ2) is 6.93. The maximum atomic E-state index is 5.78. The molecule has 1 aliphatic heterocycles. The Morgan fingerprint density at radius 2 is 2.16 bits per heavy atom. The zero-order valence-corrected chi connectivity index (χ0v) is 12.1. The van der Waals surface area contributed by atoms with Crippen LogP contribution in [0.25, 0.3) is 0 Å². The number of nitrogens with one attached hydrogen (secondary N) is 1. The van der Waals surface area contributed by atoms with Gasteiger partial charge < -0.3 is 10.1 Å². The van der Waals surface area contributed by atoms with Crippen molar-refractivity contribution in [2.75, 3.05) is 26.2 Å². The average molecular weight is 264 g/mol. The van der Waals surface area contributed by atoms with Gasteiger partial charge in [0.15, 0.2) is 5.82 Å². The minimum atomic E-state index is 0.00401. The van der Waals surface area contributed by atoms with Gasteiger partial charge in [0.25, 0.3) is 0 Å². The molecule has 1 unspecified atom stereocenters. The largest absolute Gasteiger partial charge is 0.368 e. The Balaban J connectivity index is 1.97. The van der Waals surface area contributed by atoms with Crippen LogP contribution in [0.5, 0.6) is 0 Å². The van der Waals surface area contributed by atoms with Crippen molar-refractivity contribution >= 4 is 0 Å². The molecule has 2 heterocycles. The van der Waals surface area contributed by atoms with E-state index in [1.807, 2.05) is 12.4 Å². The highest BCUT2D eigenvalue weighted by molar-refractivity contribution is 5.06. The SMILES string of the molecule is CCNCc1cnc(C2CN(C(C)C)CCO2)nc1. The first-order valence-electron chi connectivity index (χ1n) is 7.08. The molecule has 0 bridgehead atoms. The molecule has 106 valence electrons. The highest BCUT2D eigenvalue weighted by Crippen LogP contribution is 2.20. The summed E-state index contributed by atoms with van der Waals surface area (Å²) in [4.78, 5) is 11.3. The van der Waals surface area contributed by atoms with Crippen LogP contribution in [0.4, 0.5) is 0 Å². The predicted octanol–water partition coefficient (Wildman–Crippen LogP) is 1.37. The van der Waals surface area contributed by atoms with Gasteiger partial charge in [-0.25, -0.2) is 9.97 Å². The van der Waals surface area contributed by atoms with E-state index in [0.717, 1.165) is 44.2 Å². The Hall–Kier alpha value is -1.04. The van der Waals surface area contributed by atoms with Crippen molar-refractivity contribution in [3.8, 4) is 0 Å². The van der Waals surface area contributed by atoms with Gasteiger partial charge in [-0.05, 0) is 20.4 Å². The van der Waals surface area contributed by atoms with Crippen LogP contribution in [0.1, 0.15) is 38.3 Å². The molecule has 1 aromatic rings. The van der Waals surface area contributed by atoms with E-state index in [-0.39, 0.29) is 6.10 Å². The Bertz CT molecular complexity index is 380. The quantitative estimate of drug-likeness (QED) is 0.870. The monoisotopic (exact) mass is 264 g/mol. The van der Waals surface area contributed by atoms with Crippen molar-refractivity contribution in [2.45, 2.75) is 39.5 Å². The molecule has 5 heteroatoms. The summed E-state index contributed by atoms with van der Waals surface area (Å²) in [7, 11) is 0. The number of aromatic nitrogens is 2. The van der Waals surface area contributed by atoms with Gasteiger partial charge in [0.1, 0.15) is 6.10 Å². The van der Waals surface area contributed by atoms with Crippen LogP contribution in [0.3, 0.4) is 0 Å². The summed E-state index contributed by atoms with van der Waals surface area (Å²) < 4.78 is 5.78. The number of hydrogen-bond acceptors (Lipinski definition) is 5. The van der Waals surface area contributed by atoms with Crippen molar-refractivity contribution in [3.05, 3.63) is 23.8 Å². The topological polar surface area (TPSA) is 50.3 Å². The van der Waals surface area contributed by atoms with E-state index in [0.29, 0.717) is 6.04 Å². The number of morpholine rings is 1. The predicted molar refractivity (Wildman–Crippen MR) is 74.8 cm³/mol. The van der Waals surface area contributed by atoms with Crippen LogP contribution in [0.15, 0.2) is 12.4 Å². The lowest BCUT2D eigenvalue weighted by Crippen LogP contribution is -2.42. The molecule has 0 aromatic carbocycles. The van der Waals surface area contributed by atoms with Gasteiger partial charge in [0, 0.05) is 43.6 Å². The summed E-state index contributed by atoms with van der Waals surface area (Å²) >= 11 is 0. The fourth-order valence-electron chi connectivity index (χ4n) is 2.19. The molecule has 1 N–H and O–H groups in total. The molecule has 1 saturated heterocycles. The molecular formula is C14H24N4O. The Morgan fingerprint density at radius 3 is 2.79 bits per heavy atom. The van der Waals surface area contributed by atoms with Gasteiger partial charge in [0.2, 0.25) is 0 Å². The maximum absolute atomic E-state index is 5.78. The van der Waals surface area contributed by atoms with Crippen molar-refractivity contribution < 1.29 is 4.74 Å². The minimum Gasteiger partial charge on any atom is -0.368 e. The van der Waals surface area contributed by atoms with Gasteiger partial charge in [-0.1, -0.05) is 6.92 Å². The zero-order chi connectivity index (χ0) is 13.7. The van der Waals surface area contributed by atoms with Crippen LogP contribution in [-0.4, -0.2) is 47.2 Å². The third-order valence-electron chi connectivity index (χ3n) is 3.42. The summed E-state index contributed by atoms with van der Waals surface area (Å²) in [5.74, 6) is 0.797. The third kappa shape index (κ3) is 3.96. The van der Waals surface area contributed by atoms with Gasteiger partial charge >= 0.3 is 0 Å². The molecule has 19 heavy (non-hydrogen) atoms. The fraction of sp³-hybridized carbons (Fsp3) is 0.714. The number of nitrogens with zero attached hydrogens (tertiary/aromatic N) is 3. The molecule has 5 nitrogen and oxygen atoms in total. The van der Waals surface area contributed by atoms with E-state index in [1.165, 1.54) is 0 Å². The van der Waals surface area contributed by atoms with Crippen LogP contribution in [0.2, 0.25) is 0 Å². The molecule has 0 spiro atoms. The normalized spacial score (nSPS) is 20.9. The summed E-state index contributed by atoms with van der Waals surface area (Å²) in [6.45, 7) is 10.9. The van der Waals surface area contributed by atoms with E-state index >= 15 is 0 Å². The summed E-state index contributed by atoms with van der Waals surface area (Å²) in [6.07, 6.45) is 3.79. The molecule has 1 aromatic heterocycles. The molecule has 1 fully saturated rings. The first-order chi connectivity index (χ1) is 9.20. The highest BCUT2D eigenvalue weighted by Gasteiger charge is 2.25. The van der Waals surface area contributed by atoms with Gasteiger partial charge in [-0.2, -0.15) is 0 Å². The molecule has 0 amide bonds. The first-order valence-corrected chi connectivity index (χ1v) is 7.08. The lowest BCUT2D eigenvalue weighted by atomic mass is 10.2. The Morgan fingerprint density at radius 1 is 1.42 bits per heavy atom. The van der Waals surface area contributed by atoms with E-state index in [1.54, 1.807) is 0 Å². The van der Waals surface area contributed by atoms with E-state index in [4.69, 9.17) is 4.74 Å². The molecule has 0 saturated carbocycles. The number of rotatable bonds is 5. The van der Waals surface area contributed by atoms with Crippen molar-refractivity contribution in [3.63, 3.8) is 0 Å². The standard InChI is InChI=1S/C14H24N4O/c1-4-15-7-12-8-16-14(17-9-12)13-10-18(11(2)3)5-6-19-13/h8-9,11,13,15H,4-7,10H2,1-3H3. The van der Waals surface area contributed by atoms with E-state index in [2.05, 4.69) is 41.0 Å². The molecule has 1 aliphatic rings. The van der Waals surface area contributed by atoms with Gasteiger partial charge in [-0.15, -0.1) is 0 Å². The maximum Gasteiger partial charge on any atom is 0.158 e. The van der Waals surface area contributed by atoms with Crippen LogP contribution >= 0.6 is 0 Å².